The molecule has 2 aliphatic heterocycles. The second kappa shape index (κ2) is 8.23. The quantitative estimate of drug-likeness (QED) is 0.597. The Kier molecular flexibility index (Phi) is 5.70. The summed E-state index contributed by atoms with van der Waals surface area (Å²) in [5.74, 6) is -3.26. The van der Waals surface area contributed by atoms with E-state index in [9.17, 15) is 30.8 Å². The maximum atomic E-state index is 13.2. The maximum absolute atomic E-state index is 13.2. The zero-order valence-electron chi connectivity index (χ0n) is 17.3. The van der Waals surface area contributed by atoms with Gasteiger partial charge in [0.2, 0.25) is 15.9 Å². The minimum Gasteiger partial charge on any atom is -0.341 e. The van der Waals surface area contributed by atoms with Gasteiger partial charge in [0.1, 0.15) is 16.5 Å². The summed E-state index contributed by atoms with van der Waals surface area (Å²) < 4.78 is 67.4. The van der Waals surface area contributed by atoms with Gasteiger partial charge in [-0.15, -0.1) is 4.40 Å². The number of piperidine rings is 1. The van der Waals surface area contributed by atoms with E-state index in [0.29, 0.717) is 5.56 Å². The van der Waals surface area contributed by atoms with Crippen LogP contribution in [0.1, 0.15) is 12.0 Å². The van der Waals surface area contributed by atoms with E-state index in [2.05, 4.69) is 14.4 Å². The van der Waals surface area contributed by atoms with Crippen LogP contribution in [0.15, 0.2) is 51.8 Å². The van der Waals surface area contributed by atoms with E-state index in [1.54, 1.807) is 0 Å². The number of hydrogen-bond donors (Lipinski definition) is 2. The fourth-order valence-corrected chi connectivity index (χ4v) is 5.37. The summed E-state index contributed by atoms with van der Waals surface area (Å²) in [6.45, 7) is 0.267. The number of hydrogen-bond acceptors (Lipinski definition) is 7. The van der Waals surface area contributed by atoms with Crippen LogP contribution in [-0.4, -0.2) is 52.1 Å². The van der Waals surface area contributed by atoms with Crippen molar-refractivity contribution in [1.82, 2.24) is 4.90 Å². The highest BCUT2D eigenvalue weighted by atomic mass is 32.2. The number of nitrogens with one attached hydrogen (secondary N) is 2. The van der Waals surface area contributed by atoms with Gasteiger partial charge in [-0.05, 0) is 35.9 Å². The normalized spacial score (nSPS) is 20.0. The van der Waals surface area contributed by atoms with Gasteiger partial charge in [-0.25, -0.2) is 12.8 Å². The van der Waals surface area contributed by atoms with Crippen LogP contribution < -0.4 is 10.0 Å². The first kappa shape index (κ1) is 22.9. The molecule has 1 atom stereocenters. The maximum Gasteiger partial charge on any atom is 0.286 e. The molecule has 1 fully saturated rings. The first-order chi connectivity index (χ1) is 15.4. The van der Waals surface area contributed by atoms with Crippen LogP contribution in [0.5, 0.6) is 0 Å². The molecule has 0 bridgehead atoms. The average molecular weight is 495 g/mol. The third-order valence-electron chi connectivity index (χ3n) is 5.11. The van der Waals surface area contributed by atoms with Gasteiger partial charge < -0.3 is 10.2 Å². The van der Waals surface area contributed by atoms with Crippen molar-refractivity contribution in [3.63, 3.8) is 0 Å². The largest absolute Gasteiger partial charge is 0.341 e. The van der Waals surface area contributed by atoms with E-state index in [0.717, 1.165) is 12.3 Å². The summed E-state index contributed by atoms with van der Waals surface area (Å²) >= 11 is 0. The Labute approximate surface area is 189 Å². The molecule has 2 N–H and O–H groups in total. The highest BCUT2D eigenvalue weighted by Gasteiger charge is 2.42. The van der Waals surface area contributed by atoms with Crippen LogP contribution in [0.25, 0.3) is 0 Å². The number of carbonyl (C=O) groups excluding carboxylic acids is 2. The second-order valence-electron chi connectivity index (χ2n) is 7.70. The molecule has 2 aromatic carbocycles. The molecule has 33 heavy (non-hydrogen) atoms. The summed E-state index contributed by atoms with van der Waals surface area (Å²) in [6.07, 6.45) is 0.926. The molecule has 2 aromatic rings. The molecular formula is C20H19FN4O6S2. The lowest BCUT2D eigenvalue weighted by Gasteiger charge is -2.33. The minimum atomic E-state index is -4.32. The number of nitrogens with zero attached hydrogens (tertiary/aromatic N) is 2. The lowest BCUT2D eigenvalue weighted by Crippen LogP contribution is -2.51. The molecule has 1 unspecified atom stereocenters. The molecule has 4 rings (SSSR count). The van der Waals surface area contributed by atoms with Crippen molar-refractivity contribution in [3.05, 3.63) is 53.8 Å². The Bertz CT molecular complexity index is 1390. The number of amidine groups is 1. The Balaban J connectivity index is 1.62. The predicted octanol–water partition coefficient (Wildman–Crippen LogP) is 1.33. The summed E-state index contributed by atoms with van der Waals surface area (Å²) in [6, 6.07) is 9.33. The highest BCUT2D eigenvalue weighted by molar-refractivity contribution is 7.92. The molecule has 0 saturated carbocycles. The van der Waals surface area contributed by atoms with Crippen LogP contribution in [-0.2, 0) is 36.2 Å². The predicted molar refractivity (Wildman–Crippen MR) is 118 cm³/mol. The fraction of sp³-hybridized carbons (Fsp3) is 0.250. The second-order valence-corrected chi connectivity index (χ2v) is 11.0. The monoisotopic (exact) mass is 494 g/mol. The molecule has 0 radical (unpaired) electrons. The topological polar surface area (TPSA) is 142 Å². The zero-order valence-corrected chi connectivity index (χ0v) is 18.9. The Morgan fingerprint density at radius 3 is 2.55 bits per heavy atom. The van der Waals surface area contributed by atoms with E-state index in [4.69, 9.17) is 0 Å². The number of amides is 1. The van der Waals surface area contributed by atoms with Crippen molar-refractivity contribution in [1.29, 1.82) is 0 Å². The molecule has 2 aliphatic rings. The van der Waals surface area contributed by atoms with Gasteiger partial charge in [0.15, 0.2) is 11.7 Å². The number of rotatable bonds is 5. The van der Waals surface area contributed by atoms with Crippen molar-refractivity contribution in [3.8, 4) is 0 Å². The third kappa shape index (κ3) is 4.88. The number of Topliss-reactive ketones (excluding diaryl/α,β-unsaturated/α-hetero) is 1. The summed E-state index contributed by atoms with van der Waals surface area (Å²) in [5, 5.41) is 2.74. The van der Waals surface area contributed by atoms with Gasteiger partial charge in [0.25, 0.3) is 10.0 Å². The zero-order chi connectivity index (χ0) is 24.0. The van der Waals surface area contributed by atoms with E-state index < -0.39 is 43.5 Å². The van der Waals surface area contributed by atoms with Gasteiger partial charge in [0.05, 0.1) is 11.9 Å². The summed E-state index contributed by atoms with van der Waals surface area (Å²) in [4.78, 5) is 26.8. The summed E-state index contributed by atoms with van der Waals surface area (Å²) in [7, 11) is -7.96. The van der Waals surface area contributed by atoms with Crippen LogP contribution in [0.2, 0.25) is 0 Å². The lowest BCUT2D eigenvalue weighted by molar-refractivity contribution is -0.143. The smallest absolute Gasteiger partial charge is 0.286 e. The Hall–Kier alpha value is -3.32. The average Bonchev–Trinajstić information content (AvgIpc) is 2.71. The molecule has 0 aliphatic carbocycles. The van der Waals surface area contributed by atoms with Crippen LogP contribution in [0.3, 0.4) is 0 Å². The van der Waals surface area contributed by atoms with Gasteiger partial charge in [-0.2, -0.15) is 8.42 Å². The molecule has 1 amide bonds. The molecule has 174 valence electrons. The lowest BCUT2D eigenvalue weighted by atomic mass is 9.93. The number of sulfonamides is 2. The standard InChI is InChI=1S/C20H19FN4O6S2/c1-32(28,29)23-14-6-7-15-17(10-14)33(30,31)24-19(22-15)18-16(26)8-9-25(20(18)27)11-12-2-4-13(21)5-3-12/h2-7,10,18,23H,8-9,11H2,1H3,(H,22,24). The molecule has 2 heterocycles. The number of fused-ring (bicyclic) bond motifs is 1. The molecule has 13 heteroatoms. The van der Waals surface area contributed by atoms with E-state index in [-0.39, 0.29) is 41.6 Å². The third-order valence-corrected chi connectivity index (χ3v) is 7.05. The highest BCUT2D eigenvalue weighted by Crippen LogP contribution is 2.32. The van der Waals surface area contributed by atoms with E-state index in [1.165, 1.54) is 41.3 Å². The van der Waals surface area contributed by atoms with Gasteiger partial charge in [-0.3, -0.25) is 14.3 Å². The van der Waals surface area contributed by atoms with Crippen LogP contribution in [0, 0.1) is 11.7 Å². The van der Waals surface area contributed by atoms with E-state index in [1.807, 2.05) is 0 Å². The SMILES string of the molecule is CS(=O)(=O)Nc1ccc2c(c1)S(=O)(=O)N=C(C1C(=O)CCN(Cc3ccc(F)cc3)C1=O)N2. The van der Waals surface area contributed by atoms with Crippen LogP contribution >= 0.6 is 0 Å². The van der Waals surface area contributed by atoms with Crippen molar-refractivity contribution in [2.45, 2.75) is 17.9 Å². The van der Waals surface area contributed by atoms with Crippen molar-refractivity contribution >= 4 is 48.9 Å². The molecule has 0 spiro atoms. The first-order valence-corrected chi connectivity index (χ1v) is 13.1. The number of carbonyl (C=O) groups is 2. The number of anilines is 2. The van der Waals surface area contributed by atoms with Crippen molar-refractivity contribution in [2.75, 3.05) is 22.8 Å². The summed E-state index contributed by atoms with van der Waals surface area (Å²) in [5.41, 5.74) is 0.742. The van der Waals surface area contributed by atoms with Crippen molar-refractivity contribution in [2.24, 2.45) is 10.3 Å². The minimum absolute atomic E-state index is 0.00240. The molecule has 10 nitrogen and oxygen atoms in total. The van der Waals surface area contributed by atoms with Crippen molar-refractivity contribution < 1.29 is 30.8 Å². The number of benzene rings is 2. The molecule has 0 aromatic heterocycles. The number of ketones is 1. The van der Waals surface area contributed by atoms with Gasteiger partial charge in [0, 0.05) is 25.2 Å². The Morgan fingerprint density at radius 2 is 1.88 bits per heavy atom. The first-order valence-electron chi connectivity index (χ1n) is 9.73. The van der Waals surface area contributed by atoms with E-state index >= 15 is 0 Å². The van der Waals surface area contributed by atoms with Gasteiger partial charge >= 0.3 is 0 Å². The fourth-order valence-electron chi connectivity index (χ4n) is 3.64. The molecule has 1 saturated heterocycles. The number of likely N-dealkylation sites (tertiary alicyclic amines) is 1. The van der Waals surface area contributed by atoms with Gasteiger partial charge in [-0.1, -0.05) is 12.1 Å². The molecular weight excluding hydrogens is 475 g/mol. The number of halogens is 1. The Morgan fingerprint density at radius 1 is 1.18 bits per heavy atom. The van der Waals surface area contributed by atoms with Crippen LogP contribution in [0.4, 0.5) is 15.8 Å².